The van der Waals surface area contributed by atoms with Crippen molar-refractivity contribution in [3.8, 4) is 0 Å². The second kappa shape index (κ2) is 8.12. The zero-order chi connectivity index (χ0) is 14.3. The van der Waals surface area contributed by atoms with E-state index in [1.807, 2.05) is 0 Å². The molecule has 0 spiro atoms. The van der Waals surface area contributed by atoms with E-state index in [1.165, 1.54) is 0 Å². The standard InChI is InChI=1S/C13H25N3O3/c1-3-14-13(19)16-12(18)9(2)15-11-7-5-4-6-10(11)8-17/h9-11,15,17H,3-8H2,1-2H3,(H2,14,16,18,19). The fourth-order valence-electron chi connectivity index (χ4n) is 2.47. The van der Waals surface area contributed by atoms with Crippen LogP contribution in [0.15, 0.2) is 0 Å². The van der Waals surface area contributed by atoms with Crippen molar-refractivity contribution in [2.45, 2.75) is 51.6 Å². The van der Waals surface area contributed by atoms with E-state index in [2.05, 4.69) is 16.0 Å². The SMILES string of the molecule is CCNC(=O)NC(=O)C(C)NC1CCCCC1CO. The van der Waals surface area contributed by atoms with Crippen molar-refractivity contribution >= 4 is 11.9 Å². The number of rotatable bonds is 5. The van der Waals surface area contributed by atoms with E-state index in [0.29, 0.717) is 6.54 Å². The van der Waals surface area contributed by atoms with Gasteiger partial charge in [-0.15, -0.1) is 0 Å². The van der Waals surface area contributed by atoms with Crippen LogP contribution in [0.2, 0.25) is 0 Å². The van der Waals surface area contributed by atoms with Gasteiger partial charge in [-0.1, -0.05) is 12.8 Å². The Labute approximate surface area is 114 Å². The minimum absolute atomic E-state index is 0.141. The summed E-state index contributed by atoms with van der Waals surface area (Å²) < 4.78 is 0. The van der Waals surface area contributed by atoms with Crippen LogP contribution >= 0.6 is 0 Å². The van der Waals surface area contributed by atoms with Crippen molar-refractivity contribution in [2.75, 3.05) is 13.2 Å². The molecular formula is C13H25N3O3. The largest absolute Gasteiger partial charge is 0.396 e. The van der Waals surface area contributed by atoms with Crippen LogP contribution in [-0.2, 0) is 4.79 Å². The lowest BCUT2D eigenvalue weighted by Crippen LogP contribution is -2.53. The van der Waals surface area contributed by atoms with Gasteiger partial charge in [-0.25, -0.2) is 4.79 Å². The van der Waals surface area contributed by atoms with E-state index in [-0.39, 0.29) is 24.5 Å². The summed E-state index contributed by atoms with van der Waals surface area (Å²) in [6.07, 6.45) is 4.19. The molecule has 3 amide bonds. The number of nitrogens with one attached hydrogen (secondary N) is 3. The fourth-order valence-corrected chi connectivity index (χ4v) is 2.47. The highest BCUT2D eigenvalue weighted by Gasteiger charge is 2.27. The summed E-state index contributed by atoms with van der Waals surface area (Å²) in [4.78, 5) is 23.1. The van der Waals surface area contributed by atoms with E-state index >= 15 is 0 Å². The molecule has 1 saturated carbocycles. The molecule has 1 fully saturated rings. The van der Waals surface area contributed by atoms with Gasteiger partial charge < -0.3 is 15.7 Å². The Bertz CT molecular complexity index is 310. The monoisotopic (exact) mass is 271 g/mol. The van der Waals surface area contributed by atoms with Gasteiger partial charge >= 0.3 is 6.03 Å². The second-order valence-corrected chi connectivity index (χ2v) is 5.07. The van der Waals surface area contributed by atoms with E-state index in [0.717, 1.165) is 25.7 Å². The van der Waals surface area contributed by atoms with Crippen LogP contribution < -0.4 is 16.0 Å². The lowest BCUT2D eigenvalue weighted by atomic mass is 9.84. The minimum Gasteiger partial charge on any atom is -0.396 e. The molecular weight excluding hydrogens is 246 g/mol. The number of carbonyl (C=O) groups excluding carboxylic acids is 2. The van der Waals surface area contributed by atoms with Gasteiger partial charge in [0.05, 0.1) is 6.04 Å². The van der Waals surface area contributed by atoms with Gasteiger partial charge in [0.15, 0.2) is 0 Å². The Morgan fingerprint density at radius 2 is 2.00 bits per heavy atom. The predicted molar refractivity (Wildman–Crippen MR) is 72.6 cm³/mol. The number of aliphatic hydroxyl groups is 1. The fraction of sp³-hybridized carbons (Fsp3) is 0.846. The summed E-state index contributed by atoms with van der Waals surface area (Å²) in [5.74, 6) is -0.137. The first kappa shape index (κ1) is 15.9. The smallest absolute Gasteiger partial charge is 0.321 e. The molecule has 3 unspecified atom stereocenters. The number of urea groups is 1. The zero-order valence-electron chi connectivity index (χ0n) is 11.7. The Morgan fingerprint density at radius 1 is 1.32 bits per heavy atom. The van der Waals surface area contributed by atoms with Crippen LogP contribution in [0.1, 0.15) is 39.5 Å². The van der Waals surface area contributed by atoms with Gasteiger partial charge in [0.25, 0.3) is 0 Å². The summed E-state index contributed by atoms with van der Waals surface area (Å²) in [5.41, 5.74) is 0. The number of aliphatic hydroxyl groups excluding tert-OH is 1. The quantitative estimate of drug-likeness (QED) is 0.581. The highest BCUT2D eigenvalue weighted by atomic mass is 16.3. The molecule has 1 aliphatic carbocycles. The molecule has 0 bridgehead atoms. The third kappa shape index (κ3) is 5.16. The van der Waals surface area contributed by atoms with E-state index in [9.17, 15) is 14.7 Å². The van der Waals surface area contributed by atoms with Crippen LogP contribution in [0.3, 0.4) is 0 Å². The van der Waals surface area contributed by atoms with Crippen molar-refractivity contribution in [2.24, 2.45) is 5.92 Å². The lowest BCUT2D eigenvalue weighted by Gasteiger charge is -2.32. The molecule has 1 rings (SSSR count). The van der Waals surface area contributed by atoms with Gasteiger partial charge in [-0.3, -0.25) is 10.1 Å². The number of imide groups is 1. The first-order valence-corrected chi connectivity index (χ1v) is 7.04. The maximum absolute atomic E-state index is 11.8. The molecule has 4 N–H and O–H groups in total. The molecule has 110 valence electrons. The Hall–Kier alpha value is -1.14. The van der Waals surface area contributed by atoms with E-state index < -0.39 is 12.1 Å². The first-order chi connectivity index (χ1) is 9.08. The van der Waals surface area contributed by atoms with Crippen molar-refractivity contribution in [3.63, 3.8) is 0 Å². The molecule has 0 radical (unpaired) electrons. The molecule has 0 saturated heterocycles. The maximum atomic E-state index is 11.8. The molecule has 3 atom stereocenters. The topological polar surface area (TPSA) is 90.5 Å². The molecule has 0 aromatic heterocycles. The van der Waals surface area contributed by atoms with E-state index in [4.69, 9.17) is 0 Å². The predicted octanol–water partition coefficient (Wildman–Crippen LogP) is 0.361. The van der Waals surface area contributed by atoms with Crippen molar-refractivity contribution in [1.29, 1.82) is 0 Å². The third-order valence-corrected chi connectivity index (χ3v) is 3.58. The number of carbonyl (C=O) groups is 2. The molecule has 0 heterocycles. The molecule has 19 heavy (non-hydrogen) atoms. The molecule has 6 heteroatoms. The molecule has 0 aliphatic heterocycles. The van der Waals surface area contributed by atoms with Crippen LogP contribution in [0.4, 0.5) is 4.79 Å². The van der Waals surface area contributed by atoms with Gasteiger partial charge in [-0.2, -0.15) is 0 Å². The zero-order valence-corrected chi connectivity index (χ0v) is 11.7. The van der Waals surface area contributed by atoms with Gasteiger partial charge in [0, 0.05) is 19.2 Å². The number of hydrogen-bond donors (Lipinski definition) is 4. The average Bonchev–Trinajstić information content (AvgIpc) is 2.39. The Balaban J connectivity index is 2.41. The highest BCUT2D eigenvalue weighted by molar-refractivity contribution is 5.96. The summed E-state index contributed by atoms with van der Waals surface area (Å²) in [6.45, 7) is 4.15. The lowest BCUT2D eigenvalue weighted by molar-refractivity contribution is -0.122. The van der Waals surface area contributed by atoms with Crippen LogP contribution in [0.5, 0.6) is 0 Å². The Morgan fingerprint density at radius 3 is 2.63 bits per heavy atom. The summed E-state index contributed by atoms with van der Waals surface area (Å²) in [5, 5.41) is 17.3. The van der Waals surface area contributed by atoms with Crippen molar-refractivity contribution in [3.05, 3.63) is 0 Å². The number of amides is 3. The molecule has 1 aliphatic rings. The van der Waals surface area contributed by atoms with E-state index in [1.54, 1.807) is 13.8 Å². The Kier molecular flexibility index (Phi) is 6.80. The summed E-state index contributed by atoms with van der Waals surface area (Å²) in [6, 6.07) is -0.767. The summed E-state index contributed by atoms with van der Waals surface area (Å²) in [7, 11) is 0. The van der Waals surface area contributed by atoms with Crippen LogP contribution in [-0.4, -0.2) is 42.3 Å². The number of hydrogen-bond acceptors (Lipinski definition) is 4. The average molecular weight is 271 g/mol. The van der Waals surface area contributed by atoms with Gasteiger partial charge in [0.2, 0.25) is 5.91 Å². The highest BCUT2D eigenvalue weighted by Crippen LogP contribution is 2.24. The summed E-state index contributed by atoms with van der Waals surface area (Å²) >= 11 is 0. The first-order valence-electron chi connectivity index (χ1n) is 7.04. The molecule has 0 aromatic carbocycles. The maximum Gasteiger partial charge on any atom is 0.321 e. The van der Waals surface area contributed by atoms with Crippen LogP contribution in [0, 0.1) is 5.92 Å². The van der Waals surface area contributed by atoms with Gasteiger partial charge in [0.1, 0.15) is 0 Å². The third-order valence-electron chi connectivity index (χ3n) is 3.58. The van der Waals surface area contributed by atoms with Crippen molar-refractivity contribution < 1.29 is 14.7 Å². The normalized spacial score (nSPS) is 24.6. The second-order valence-electron chi connectivity index (χ2n) is 5.07. The molecule has 0 aromatic rings. The minimum atomic E-state index is -0.469. The van der Waals surface area contributed by atoms with Crippen molar-refractivity contribution in [1.82, 2.24) is 16.0 Å². The van der Waals surface area contributed by atoms with Gasteiger partial charge in [-0.05, 0) is 32.6 Å². The van der Waals surface area contributed by atoms with Crippen LogP contribution in [0.25, 0.3) is 0 Å². The molecule has 6 nitrogen and oxygen atoms in total.